The van der Waals surface area contributed by atoms with Gasteiger partial charge in [0.2, 0.25) is 5.91 Å². The van der Waals surface area contributed by atoms with Gasteiger partial charge in [0.1, 0.15) is 0 Å². The fourth-order valence-electron chi connectivity index (χ4n) is 1.73. The molecule has 1 aromatic rings. The Morgan fingerprint density at radius 2 is 2.05 bits per heavy atom. The second-order valence-electron chi connectivity index (χ2n) is 4.45. The van der Waals surface area contributed by atoms with Gasteiger partial charge in [-0.25, -0.2) is 0 Å². The number of rotatable bonds is 6. The van der Waals surface area contributed by atoms with Crippen LogP contribution in [0.4, 0.5) is 0 Å². The van der Waals surface area contributed by atoms with Gasteiger partial charge < -0.3 is 10.4 Å². The van der Waals surface area contributed by atoms with E-state index in [1.165, 1.54) is 0 Å². The van der Waals surface area contributed by atoms with E-state index in [9.17, 15) is 4.79 Å². The monoisotopic (exact) mass is 274 g/mol. The molecular weight excluding hydrogens is 252 g/mol. The molecule has 4 nitrogen and oxygen atoms in total. The van der Waals surface area contributed by atoms with E-state index in [1.807, 2.05) is 31.2 Å². The van der Waals surface area contributed by atoms with Crippen LogP contribution in [-0.2, 0) is 11.3 Å². The second kappa shape index (κ2) is 9.13. The van der Waals surface area contributed by atoms with E-state index in [-0.39, 0.29) is 12.5 Å². The zero-order valence-corrected chi connectivity index (χ0v) is 12.1. The fourth-order valence-corrected chi connectivity index (χ4v) is 1.73. The third-order valence-corrected chi connectivity index (χ3v) is 2.92. The summed E-state index contributed by atoms with van der Waals surface area (Å²) in [5.74, 6) is 5.91. The van der Waals surface area contributed by atoms with E-state index in [2.05, 4.69) is 22.1 Å². The zero-order chi connectivity index (χ0) is 14.8. The molecule has 20 heavy (non-hydrogen) atoms. The minimum Gasteiger partial charge on any atom is -0.395 e. The van der Waals surface area contributed by atoms with Gasteiger partial charge >= 0.3 is 0 Å². The Morgan fingerprint density at radius 3 is 2.60 bits per heavy atom. The van der Waals surface area contributed by atoms with Crippen molar-refractivity contribution in [3.63, 3.8) is 0 Å². The van der Waals surface area contributed by atoms with Gasteiger partial charge in [-0.2, -0.15) is 0 Å². The average Bonchev–Trinajstić information content (AvgIpc) is 2.48. The van der Waals surface area contributed by atoms with Crippen molar-refractivity contribution < 1.29 is 9.90 Å². The molecule has 1 amide bonds. The molecule has 108 valence electrons. The van der Waals surface area contributed by atoms with Crippen molar-refractivity contribution in [3.05, 3.63) is 35.4 Å². The Morgan fingerprint density at radius 1 is 1.35 bits per heavy atom. The van der Waals surface area contributed by atoms with Crippen LogP contribution >= 0.6 is 0 Å². The predicted octanol–water partition coefficient (Wildman–Crippen LogP) is 0.988. The van der Waals surface area contributed by atoms with Crippen LogP contribution in [0.5, 0.6) is 0 Å². The molecule has 1 aromatic carbocycles. The van der Waals surface area contributed by atoms with E-state index >= 15 is 0 Å². The number of carbonyl (C=O) groups excluding carboxylic acids is 1. The Kier molecular flexibility index (Phi) is 7.41. The summed E-state index contributed by atoms with van der Waals surface area (Å²) in [6, 6.07) is 7.98. The molecule has 0 radical (unpaired) electrons. The number of aliphatic hydroxyl groups excluding tert-OH is 1. The number of nitrogens with zero attached hydrogens (tertiary/aromatic N) is 1. The van der Waals surface area contributed by atoms with Gasteiger partial charge in [0.05, 0.1) is 13.2 Å². The molecule has 0 unspecified atom stereocenters. The summed E-state index contributed by atoms with van der Waals surface area (Å²) in [6.45, 7) is 4.11. The van der Waals surface area contributed by atoms with Gasteiger partial charge in [-0.3, -0.25) is 9.69 Å². The molecule has 0 atom stereocenters. The number of benzene rings is 1. The minimum atomic E-state index is 0.0262. The van der Waals surface area contributed by atoms with Crippen molar-refractivity contribution in [2.75, 3.05) is 26.7 Å². The number of hydrogen-bond donors (Lipinski definition) is 2. The molecule has 1 rings (SSSR count). The largest absolute Gasteiger partial charge is 0.395 e. The summed E-state index contributed by atoms with van der Waals surface area (Å²) < 4.78 is 0. The highest BCUT2D eigenvalue weighted by Gasteiger charge is 2.07. The van der Waals surface area contributed by atoms with Crippen LogP contribution in [0.1, 0.15) is 24.5 Å². The summed E-state index contributed by atoms with van der Waals surface area (Å²) in [4.78, 5) is 13.5. The third kappa shape index (κ3) is 5.87. The fraction of sp³-hybridized carbons (Fsp3) is 0.438. The Labute approximate surface area is 120 Å². The average molecular weight is 274 g/mol. The first-order valence-electron chi connectivity index (χ1n) is 6.81. The summed E-state index contributed by atoms with van der Waals surface area (Å²) in [7, 11) is 1.65. The molecule has 0 saturated carbocycles. The number of carbonyl (C=O) groups is 1. The van der Waals surface area contributed by atoms with Crippen molar-refractivity contribution >= 4 is 5.91 Å². The van der Waals surface area contributed by atoms with E-state index in [4.69, 9.17) is 5.11 Å². The number of nitrogens with one attached hydrogen (secondary N) is 1. The van der Waals surface area contributed by atoms with Crippen LogP contribution < -0.4 is 5.32 Å². The topological polar surface area (TPSA) is 52.6 Å². The van der Waals surface area contributed by atoms with Crippen LogP contribution in [0.15, 0.2) is 24.3 Å². The molecule has 0 aliphatic carbocycles. The maximum atomic E-state index is 11.4. The van der Waals surface area contributed by atoms with Crippen LogP contribution in [-0.4, -0.2) is 42.7 Å². The van der Waals surface area contributed by atoms with Crippen LogP contribution in [0.3, 0.4) is 0 Å². The molecule has 0 fully saturated rings. The van der Waals surface area contributed by atoms with E-state index in [0.29, 0.717) is 13.0 Å². The highest BCUT2D eigenvalue weighted by molar-refractivity contribution is 5.77. The predicted molar refractivity (Wildman–Crippen MR) is 80.0 cm³/mol. The lowest BCUT2D eigenvalue weighted by atomic mass is 10.1. The standard InChI is InChI=1S/C16H22N2O2/c1-3-18(13-16(20)17-2)12-15-9-7-14(8-10-15)6-4-5-11-19/h7-10,19H,3,5,11-13H2,1-2H3,(H,17,20). The zero-order valence-electron chi connectivity index (χ0n) is 12.1. The van der Waals surface area contributed by atoms with Gasteiger partial charge in [0.15, 0.2) is 0 Å². The van der Waals surface area contributed by atoms with Crippen LogP contribution in [0.2, 0.25) is 0 Å². The summed E-state index contributed by atoms with van der Waals surface area (Å²) in [5.41, 5.74) is 2.10. The number of amides is 1. The lowest BCUT2D eigenvalue weighted by molar-refractivity contribution is -0.121. The maximum absolute atomic E-state index is 11.4. The van der Waals surface area contributed by atoms with Gasteiger partial charge in [-0.15, -0.1) is 0 Å². The van der Waals surface area contributed by atoms with Gasteiger partial charge in [0, 0.05) is 25.6 Å². The highest BCUT2D eigenvalue weighted by atomic mass is 16.2. The summed E-state index contributed by atoms with van der Waals surface area (Å²) in [6.07, 6.45) is 0.498. The van der Waals surface area contributed by atoms with Gasteiger partial charge in [-0.05, 0) is 24.2 Å². The smallest absolute Gasteiger partial charge is 0.233 e. The molecule has 0 saturated heterocycles. The number of aliphatic hydroxyl groups is 1. The highest BCUT2D eigenvalue weighted by Crippen LogP contribution is 2.07. The normalized spacial score (nSPS) is 10.0. The lowest BCUT2D eigenvalue weighted by Gasteiger charge is -2.19. The first kappa shape index (κ1) is 16.2. The Balaban J connectivity index is 2.60. The summed E-state index contributed by atoms with van der Waals surface area (Å²) >= 11 is 0. The maximum Gasteiger partial charge on any atom is 0.233 e. The molecule has 0 spiro atoms. The van der Waals surface area contributed by atoms with Crippen LogP contribution in [0.25, 0.3) is 0 Å². The van der Waals surface area contributed by atoms with Gasteiger partial charge in [-0.1, -0.05) is 30.9 Å². The molecular formula is C16H22N2O2. The first-order chi connectivity index (χ1) is 9.69. The third-order valence-electron chi connectivity index (χ3n) is 2.92. The van der Waals surface area contributed by atoms with Gasteiger partial charge in [0.25, 0.3) is 0 Å². The number of hydrogen-bond acceptors (Lipinski definition) is 3. The first-order valence-corrected chi connectivity index (χ1v) is 6.81. The van der Waals surface area contributed by atoms with Crippen molar-refractivity contribution in [3.8, 4) is 11.8 Å². The molecule has 0 bridgehead atoms. The van der Waals surface area contributed by atoms with E-state index in [1.54, 1.807) is 7.05 Å². The molecule has 4 heteroatoms. The van der Waals surface area contributed by atoms with E-state index in [0.717, 1.165) is 24.2 Å². The minimum absolute atomic E-state index is 0.0262. The molecule has 0 aliphatic heterocycles. The van der Waals surface area contributed by atoms with Crippen molar-refractivity contribution in [2.45, 2.75) is 19.9 Å². The molecule has 2 N–H and O–H groups in total. The van der Waals surface area contributed by atoms with Crippen molar-refractivity contribution in [1.82, 2.24) is 10.2 Å². The summed E-state index contributed by atoms with van der Waals surface area (Å²) in [5, 5.41) is 11.3. The Bertz CT molecular complexity index is 471. The molecule has 0 aromatic heterocycles. The van der Waals surface area contributed by atoms with E-state index < -0.39 is 0 Å². The molecule has 0 aliphatic rings. The SMILES string of the molecule is CCN(CC(=O)NC)Cc1ccc(C#CCCO)cc1. The second-order valence-corrected chi connectivity index (χ2v) is 4.45. The van der Waals surface area contributed by atoms with Crippen molar-refractivity contribution in [1.29, 1.82) is 0 Å². The van der Waals surface area contributed by atoms with Crippen molar-refractivity contribution in [2.24, 2.45) is 0 Å². The quantitative estimate of drug-likeness (QED) is 0.761. The van der Waals surface area contributed by atoms with Crippen LogP contribution in [0, 0.1) is 11.8 Å². The molecule has 0 heterocycles. The Hall–Kier alpha value is -1.83. The lowest BCUT2D eigenvalue weighted by Crippen LogP contribution is -2.35. The number of likely N-dealkylation sites (N-methyl/N-ethyl adjacent to an activating group) is 2.